The van der Waals surface area contributed by atoms with Crippen molar-refractivity contribution in [3.05, 3.63) is 11.2 Å². The summed E-state index contributed by atoms with van der Waals surface area (Å²) in [6.07, 6.45) is 2.10. The number of carboxylic acid groups (broad SMARTS) is 1. The smallest absolute Gasteiger partial charge is 0.357 e. The molecule has 1 aliphatic rings. The minimum Gasteiger partial charge on any atom is -0.476 e. The molecule has 92 valence electrons. The monoisotopic (exact) mass is 255 g/mol. The van der Waals surface area contributed by atoms with Crippen molar-refractivity contribution in [2.45, 2.75) is 12.8 Å². The number of carboxylic acids is 1. The fourth-order valence-corrected chi connectivity index (χ4v) is 2.43. The number of hydrogen-bond acceptors (Lipinski definition) is 5. The van der Waals surface area contributed by atoms with Gasteiger partial charge in [0.25, 0.3) is 0 Å². The Hall–Kier alpha value is -1.63. The molecule has 1 fully saturated rings. The molecule has 1 aromatic heterocycles. The Morgan fingerprint density at radius 3 is 2.82 bits per heavy atom. The van der Waals surface area contributed by atoms with Crippen LogP contribution < -0.4 is 5.32 Å². The predicted molar refractivity (Wildman–Crippen MR) is 63.4 cm³/mol. The minimum atomic E-state index is -1.08. The Balaban J connectivity index is 1.90. The molecule has 2 rings (SSSR count). The van der Waals surface area contributed by atoms with Gasteiger partial charge in [-0.05, 0) is 12.8 Å². The van der Waals surface area contributed by atoms with E-state index in [-0.39, 0.29) is 18.1 Å². The highest BCUT2D eigenvalue weighted by atomic mass is 32.1. The number of nitrogens with zero attached hydrogens (tertiary/aromatic N) is 2. The van der Waals surface area contributed by atoms with Gasteiger partial charge in [0, 0.05) is 13.1 Å². The Kier molecular flexibility index (Phi) is 3.58. The number of hydrogen-bond donors (Lipinski definition) is 2. The molecule has 17 heavy (non-hydrogen) atoms. The van der Waals surface area contributed by atoms with Crippen LogP contribution in [0.1, 0.15) is 23.3 Å². The first-order valence-corrected chi connectivity index (χ1v) is 6.25. The molecule has 1 aromatic rings. The van der Waals surface area contributed by atoms with E-state index in [2.05, 4.69) is 10.3 Å². The van der Waals surface area contributed by atoms with E-state index in [0.717, 1.165) is 25.9 Å². The lowest BCUT2D eigenvalue weighted by atomic mass is 10.4. The van der Waals surface area contributed by atoms with Crippen LogP contribution in [0.3, 0.4) is 0 Å². The number of aromatic nitrogens is 1. The fourth-order valence-electron chi connectivity index (χ4n) is 1.76. The van der Waals surface area contributed by atoms with Crippen molar-refractivity contribution in [2.75, 3.05) is 25.0 Å². The zero-order valence-corrected chi connectivity index (χ0v) is 10.00. The van der Waals surface area contributed by atoms with Crippen molar-refractivity contribution in [3.63, 3.8) is 0 Å². The summed E-state index contributed by atoms with van der Waals surface area (Å²) in [5.41, 5.74) is 1.43. The van der Waals surface area contributed by atoms with Gasteiger partial charge in [-0.25, -0.2) is 9.78 Å². The van der Waals surface area contributed by atoms with E-state index in [1.807, 2.05) is 0 Å². The lowest BCUT2D eigenvalue weighted by Crippen LogP contribution is -2.33. The van der Waals surface area contributed by atoms with Gasteiger partial charge in [-0.3, -0.25) is 4.79 Å². The maximum absolute atomic E-state index is 11.7. The Bertz CT molecular complexity index is 426. The fraction of sp³-hybridized carbons (Fsp3) is 0.500. The van der Waals surface area contributed by atoms with Crippen LogP contribution in [0.5, 0.6) is 0 Å². The van der Waals surface area contributed by atoms with E-state index < -0.39 is 5.97 Å². The van der Waals surface area contributed by atoms with Gasteiger partial charge >= 0.3 is 5.97 Å². The zero-order valence-electron chi connectivity index (χ0n) is 9.18. The highest BCUT2D eigenvalue weighted by Crippen LogP contribution is 2.19. The van der Waals surface area contributed by atoms with E-state index in [0.29, 0.717) is 5.00 Å². The molecule has 0 radical (unpaired) electrons. The van der Waals surface area contributed by atoms with Crippen LogP contribution in [-0.4, -0.2) is 46.5 Å². The normalized spacial score (nSPS) is 14.9. The van der Waals surface area contributed by atoms with Crippen LogP contribution in [-0.2, 0) is 4.79 Å². The summed E-state index contributed by atoms with van der Waals surface area (Å²) >= 11 is 1.19. The molecule has 7 heteroatoms. The second-order valence-corrected chi connectivity index (χ2v) is 4.63. The third-order valence-electron chi connectivity index (χ3n) is 2.63. The van der Waals surface area contributed by atoms with Crippen LogP contribution >= 0.6 is 11.3 Å². The number of aromatic carboxylic acids is 1. The summed E-state index contributed by atoms with van der Waals surface area (Å²) in [4.78, 5) is 28.0. The van der Waals surface area contributed by atoms with Gasteiger partial charge < -0.3 is 15.3 Å². The topological polar surface area (TPSA) is 82.5 Å². The summed E-state index contributed by atoms with van der Waals surface area (Å²) < 4.78 is 0. The van der Waals surface area contributed by atoms with Gasteiger partial charge in [-0.15, -0.1) is 11.3 Å². The largest absolute Gasteiger partial charge is 0.476 e. The number of nitrogens with one attached hydrogen (secondary N) is 1. The first-order chi connectivity index (χ1) is 8.18. The Morgan fingerprint density at radius 2 is 2.18 bits per heavy atom. The van der Waals surface area contributed by atoms with Gasteiger partial charge in [-0.1, -0.05) is 0 Å². The van der Waals surface area contributed by atoms with E-state index >= 15 is 0 Å². The van der Waals surface area contributed by atoms with Crippen LogP contribution in [0, 0.1) is 0 Å². The van der Waals surface area contributed by atoms with Crippen molar-refractivity contribution in [3.8, 4) is 0 Å². The highest BCUT2D eigenvalue weighted by molar-refractivity contribution is 7.14. The van der Waals surface area contributed by atoms with Crippen molar-refractivity contribution in [1.82, 2.24) is 9.88 Å². The number of carbonyl (C=O) groups excluding carboxylic acids is 1. The lowest BCUT2D eigenvalue weighted by Gasteiger charge is -2.15. The summed E-state index contributed by atoms with van der Waals surface area (Å²) in [5.74, 6) is -1.07. The third-order valence-corrected chi connectivity index (χ3v) is 3.41. The Labute approximate surface area is 102 Å². The van der Waals surface area contributed by atoms with Crippen molar-refractivity contribution in [2.24, 2.45) is 0 Å². The van der Waals surface area contributed by atoms with E-state index in [1.54, 1.807) is 4.90 Å². The molecule has 0 aromatic carbocycles. The van der Waals surface area contributed by atoms with Gasteiger partial charge in [0.1, 0.15) is 5.00 Å². The number of carbonyl (C=O) groups is 2. The summed E-state index contributed by atoms with van der Waals surface area (Å²) in [5, 5.41) is 12.1. The maximum atomic E-state index is 11.7. The van der Waals surface area contributed by atoms with E-state index in [1.165, 1.54) is 16.8 Å². The Morgan fingerprint density at radius 1 is 1.47 bits per heavy atom. The van der Waals surface area contributed by atoms with Crippen molar-refractivity contribution in [1.29, 1.82) is 0 Å². The number of rotatable bonds is 4. The average Bonchev–Trinajstić information content (AvgIpc) is 2.96. The molecule has 0 saturated carbocycles. The molecule has 6 nitrogen and oxygen atoms in total. The molecule has 1 aliphatic heterocycles. The highest BCUT2D eigenvalue weighted by Gasteiger charge is 2.19. The molecule has 0 bridgehead atoms. The first-order valence-electron chi connectivity index (χ1n) is 5.37. The van der Waals surface area contributed by atoms with Crippen molar-refractivity contribution >= 4 is 28.2 Å². The first kappa shape index (κ1) is 11.8. The minimum absolute atomic E-state index is 0.00670. The molecule has 0 aliphatic carbocycles. The molecular formula is C10H13N3O3S. The summed E-state index contributed by atoms with van der Waals surface area (Å²) in [6, 6.07) is 0. The van der Waals surface area contributed by atoms with Gasteiger partial charge in [0.15, 0.2) is 5.69 Å². The van der Waals surface area contributed by atoms with Gasteiger partial charge in [0.2, 0.25) is 5.91 Å². The average molecular weight is 255 g/mol. The lowest BCUT2D eigenvalue weighted by molar-refractivity contribution is -0.128. The number of anilines is 1. The standard InChI is InChI=1S/C10H13N3O3S/c14-7(13-3-1-2-4-13)5-11-9-8(10(15)16)12-6-17-9/h6,11H,1-5H2,(H,15,16). The van der Waals surface area contributed by atoms with E-state index in [9.17, 15) is 9.59 Å². The number of amides is 1. The van der Waals surface area contributed by atoms with Crippen LogP contribution in [0.2, 0.25) is 0 Å². The molecule has 2 heterocycles. The molecule has 0 unspecified atom stereocenters. The van der Waals surface area contributed by atoms with Gasteiger partial charge in [-0.2, -0.15) is 0 Å². The molecule has 1 saturated heterocycles. The third kappa shape index (κ3) is 2.73. The van der Waals surface area contributed by atoms with Crippen LogP contribution in [0.4, 0.5) is 5.00 Å². The van der Waals surface area contributed by atoms with Crippen molar-refractivity contribution < 1.29 is 14.7 Å². The molecule has 0 spiro atoms. The summed E-state index contributed by atoms with van der Waals surface area (Å²) in [6.45, 7) is 1.73. The van der Waals surface area contributed by atoms with Gasteiger partial charge in [0.05, 0.1) is 12.1 Å². The molecule has 0 atom stereocenters. The second kappa shape index (κ2) is 5.13. The van der Waals surface area contributed by atoms with Crippen LogP contribution in [0.25, 0.3) is 0 Å². The zero-order chi connectivity index (χ0) is 12.3. The van der Waals surface area contributed by atoms with E-state index in [4.69, 9.17) is 5.11 Å². The number of thiazole rings is 1. The SMILES string of the molecule is O=C(O)c1ncsc1NCC(=O)N1CCCC1. The summed E-state index contributed by atoms with van der Waals surface area (Å²) in [7, 11) is 0. The second-order valence-electron chi connectivity index (χ2n) is 3.78. The maximum Gasteiger partial charge on any atom is 0.357 e. The number of likely N-dealkylation sites (tertiary alicyclic amines) is 1. The van der Waals surface area contributed by atoms with Crippen LogP contribution in [0.15, 0.2) is 5.51 Å². The molecule has 2 N–H and O–H groups in total. The quantitative estimate of drug-likeness (QED) is 0.834. The predicted octanol–water partition coefficient (Wildman–Crippen LogP) is 0.876. The molecular weight excluding hydrogens is 242 g/mol. The molecule has 1 amide bonds.